The average Bonchev–Trinajstić information content (AvgIpc) is 2.14. The van der Waals surface area contributed by atoms with Gasteiger partial charge in [-0.1, -0.05) is 19.8 Å². The number of ether oxygens (including phenoxy) is 1. The summed E-state index contributed by atoms with van der Waals surface area (Å²) < 4.78 is 5.27. The third-order valence-corrected chi connectivity index (χ3v) is 4.39. The predicted molar refractivity (Wildman–Crippen MR) is 59.3 cm³/mol. The van der Waals surface area contributed by atoms with Crippen molar-refractivity contribution in [2.24, 2.45) is 17.3 Å². The Labute approximate surface area is 88.2 Å². The van der Waals surface area contributed by atoms with Crippen molar-refractivity contribution in [3.05, 3.63) is 0 Å². The Kier molecular flexibility index (Phi) is 3.16. The van der Waals surface area contributed by atoms with Crippen molar-refractivity contribution in [3.8, 4) is 0 Å². The third kappa shape index (κ3) is 2.13. The fraction of sp³-hybridized carbons (Fsp3) is 1.00. The molecule has 2 aliphatic carbocycles. The van der Waals surface area contributed by atoms with Crippen molar-refractivity contribution in [1.82, 2.24) is 0 Å². The van der Waals surface area contributed by atoms with E-state index >= 15 is 0 Å². The van der Waals surface area contributed by atoms with E-state index in [-0.39, 0.29) is 0 Å². The van der Waals surface area contributed by atoms with Crippen LogP contribution in [0.2, 0.25) is 0 Å². The molecule has 0 N–H and O–H groups in total. The van der Waals surface area contributed by atoms with Crippen LogP contribution in [0.3, 0.4) is 0 Å². The molecular weight excluding hydrogens is 172 g/mol. The van der Waals surface area contributed by atoms with Crippen LogP contribution in [0, 0.1) is 17.3 Å². The fourth-order valence-electron chi connectivity index (χ4n) is 4.01. The lowest BCUT2D eigenvalue weighted by Gasteiger charge is -2.48. The van der Waals surface area contributed by atoms with Crippen LogP contribution >= 0.6 is 0 Å². The van der Waals surface area contributed by atoms with E-state index in [2.05, 4.69) is 6.92 Å². The first kappa shape index (κ1) is 10.5. The van der Waals surface area contributed by atoms with Gasteiger partial charge in [-0.25, -0.2) is 0 Å². The number of fused-ring (bicyclic) bond motifs is 2. The second-order valence-corrected chi connectivity index (χ2v) is 5.75. The predicted octanol–water partition coefficient (Wildman–Crippen LogP) is 3.63. The Morgan fingerprint density at radius 1 is 1.36 bits per heavy atom. The number of hydrogen-bond acceptors (Lipinski definition) is 1. The quantitative estimate of drug-likeness (QED) is 0.669. The van der Waals surface area contributed by atoms with Crippen LogP contribution in [0.4, 0.5) is 0 Å². The zero-order valence-electron chi connectivity index (χ0n) is 9.72. The molecule has 2 bridgehead atoms. The molecule has 1 nitrogen and oxygen atoms in total. The van der Waals surface area contributed by atoms with Crippen LogP contribution in [0.5, 0.6) is 0 Å². The van der Waals surface area contributed by atoms with Crippen molar-refractivity contribution in [2.45, 2.75) is 51.9 Å². The fourth-order valence-corrected chi connectivity index (χ4v) is 4.01. The SMILES string of the molecule is COCCC12CCCC(CC(C)C1)C2. The van der Waals surface area contributed by atoms with Crippen LogP contribution in [0.25, 0.3) is 0 Å². The molecule has 3 atom stereocenters. The van der Waals surface area contributed by atoms with Gasteiger partial charge in [-0.05, 0) is 49.4 Å². The molecule has 0 aromatic heterocycles. The molecule has 2 aliphatic rings. The minimum absolute atomic E-state index is 0.677. The zero-order valence-corrected chi connectivity index (χ0v) is 9.72. The van der Waals surface area contributed by atoms with Gasteiger partial charge in [-0.2, -0.15) is 0 Å². The second-order valence-electron chi connectivity index (χ2n) is 5.75. The minimum Gasteiger partial charge on any atom is -0.385 e. The van der Waals surface area contributed by atoms with Crippen LogP contribution in [0.15, 0.2) is 0 Å². The lowest BCUT2D eigenvalue weighted by Crippen LogP contribution is -2.37. The lowest BCUT2D eigenvalue weighted by molar-refractivity contribution is 0.0165. The van der Waals surface area contributed by atoms with Gasteiger partial charge in [0.15, 0.2) is 0 Å². The van der Waals surface area contributed by atoms with E-state index in [0.29, 0.717) is 5.41 Å². The lowest BCUT2D eigenvalue weighted by atomic mass is 9.58. The molecule has 82 valence electrons. The zero-order chi connectivity index (χ0) is 10.0. The van der Waals surface area contributed by atoms with Gasteiger partial charge in [-0.15, -0.1) is 0 Å². The van der Waals surface area contributed by atoms with Crippen LogP contribution in [-0.4, -0.2) is 13.7 Å². The molecule has 0 saturated heterocycles. The third-order valence-electron chi connectivity index (χ3n) is 4.39. The van der Waals surface area contributed by atoms with E-state index in [1.54, 1.807) is 0 Å². The van der Waals surface area contributed by atoms with Crippen molar-refractivity contribution in [2.75, 3.05) is 13.7 Å². The summed E-state index contributed by atoms with van der Waals surface area (Å²) in [4.78, 5) is 0. The summed E-state index contributed by atoms with van der Waals surface area (Å²) in [7, 11) is 1.84. The van der Waals surface area contributed by atoms with E-state index < -0.39 is 0 Å². The maximum atomic E-state index is 5.27. The maximum absolute atomic E-state index is 5.27. The summed E-state index contributed by atoms with van der Waals surface area (Å²) in [5.74, 6) is 2.01. The Balaban J connectivity index is 1.99. The van der Waals surface area contributed by atoms with E-state index in [1.807, 2.05) is 7.11 Å². The van der Waals surface area contributed by atoms with Gasteiger partial charge in [-0.3, -0.25) is 0 Å². The summed E-state index contributed by atoms with van der Waals surface area (Å²) in [5.41, 5.74) is 0.677. The van der Waals surface area contributed by atoms with E-state index in [4.69, 9.17) is 4.74 Å². The first-order chi connectivity index (χ1) is 6.74. The molecule has 14 heavy (non-hydrogen) atoms. The first-order valence-electron chi connectivity index (χ1n) is 6.23. The average molecular weight is 196 g/mol. The highest BCUT2D eigenvalue weighted by molar-refractivity contribution is 4.92. The monoisotopic (exact) mass is 196 g/mol. The number of rotatable bonds is 3. The molecule has 0 radical (unpaired) electrons. The van der Waals surface area contributed by atoms with Gasteiger partial charge in [0.1, 0.15) is 0 Å². The van der Waals surface area contributed by atoms with E-state index in [9.17, 15) is 0 Å². The molecule has 1 heteroatoms. The van der Waals surface area contributed by atoms with Gasteiger partial charge in [0.2, 0.25) is 0 Å². The van der Waals surface area contributed by atoms with Gasteiger partial charge in [0.05, 0.1) is 0 Å². The van der Waals surface area contributed by atoms with Gasteiger partial charge in [0.25, 0.3) is 0 Å². The normalized spacial score (nSPS) is 42.4. The van der Waals surface area contributed by atoms with Crippen LogP contribution in [-0.2, 0) is 4.74 Å². The topological polar surface area (TPSA) is 9.23 Å². The molecule has 0 aromatic rings. The maximum Gasteiger partial charge on any atom is 0.0467 e. The smallest absolute Gasteiger partial charge is 0.0467 e. The van der Waals surface area contributed by atoms with Gasteiger partial charge < -0.3 is 4.74 Å². The van der Waals surface area contributed by atoms with Gasteiger partial charge >= 0.3 is 0 Å². The van der Waals surface area contributed by atoms with Crippen LogP contribution < -0.4 is 0 Å². The molecule has 2 rings (SSSR count). The largest absolute Gasteiger partial charge is 0.385 e. The highest BCUT2D eigenvalue weighted by atomic mass is 16.5. The number of hydrogen-bond donors (Lipinski definition) is 0. The summed E-state index contributed by atoms with van der Waals surface area (Å²) in [6.45, 7) is 3.42. The van der Waals surface area contributed by atoms with Crippen molar-refractivity contribution in [1.29, 1.82) is 0 Å². The molecule has 3 unspecified atom stereocenters. The first-order valence-corrected chi connectivity index (χ1v) is 6.23. The van der Waals surface area contributed by atoms with Gasteiger partial charge in [0, 0.05) is 13.7 Å². The standard InChI is InChI=1S/C13H24O/c1-11-8-12-4-3-5-13(9-11,10-12)6-7-14-2/h11-12H,3-10H2,1-2H3. The minimum atomic E-state index is 0.677. The van der Waals surface area contributed by atoms with Crippen molar-refractivity contribution < 1.29 is 4.74 Å². The van der Waals surface area contributed by atoms with Crippen molar-refractivity contribution in [3.63, 3.8) is 0 Å². The van der Waals surface area contributed by atoms with Crippen LogP contribution in [0.1, 0.15) is 51.9 Å². The van der Waals surface area contributed by atoms with E-state index in [0.717, 1.165) is 18.4 Å². The second kappa shape index (κ2) is 4.22. The molecule has 2 saturated carbocycles. The molecule has 0 aromatic carbocycles. The molecule has 0 spiro atoms. The summed E-state index contributed by atoms with van der Waals surface area (Å²) in [5, 5.41) is 0. The Bertz CT molecular complexity index is 186. The highest BCUT2D eigenvalue weighted by Gasteiger charge is 2.41. The Morgan fingerprint density at radius 2 is 2.21 bits per heavy atom. The number of methoxy groups -OCH3 is 1. The Hall–Kier alpha value is -0.0400. The summed E-state index contributed by atoms with van der Waals surface area (Å²) in [6.07, 6.45) is 10.2. The molecule has 0 aliphatic heterocycles. The van der Waals surface area contributed by atoms with Crippen molar-refractivity contribution >= 4 is 0 Å². The summed E-state index contributed by atoms with van der Waals surface area (Å²) >= 11 is 0. The van der Waals surface area contributed by atoms with E-state index in [1.165, 1.54) is 44.9 Å². The molecule has 2 fully saturated rings. The molecular formula is C13H24O. The summed E-state index contributed by atoms with van der Waals surface area (Å²) in [6, 6.07) is 0. The highest BCUT2D eigenvalue weighted by Crippen LogP contribution is 2.52. The Morgan fingerprint density at radius 3 is 3.00 bits per heavy atom. The molecule has 0 amide bonds. The molecule has 0 heterocycles.